The van der Waals surface area contributed by atoms with Gasteiger partial charge in [0.2, 0.25) is 5.91 Å². The molecule has 0 saturated carbocycles. The number of benzene rings is 1. The minimum Gasteiger partial charge on any atom is -0.299 e. The zero-order valence-corrected chi connectivity index (χ0v) is 9.54. The van der Waals surface area contributed by atoms with E-state index < -0.39 is 29.5 Å². The molecule has 1 aromatic rings. The smallest absolute Gasteiger partial charge is 0.299 e. The summed E-state index contributed by atoms with van der Waals surface area (Å²) in [5, 5.41) is 2.00. The lowest BCUT2D eigenvalue weighted by atomic mass is 10.0. The van der Waals surface area contributed by atoms with Gasteiger partial charge in [-0.3, -0.25) is 19.7 Å². The predicted molar refractivity (Wildman–Crippen MR) is 61.6 cm³/mol. The molecular formula is C12H10N2O4. The van der Waals surface area contributed by atoms with E-state index in [1.807, 2.05) is 5.32 Å². The third-order valence-corrected chi connectivity index (χ3v) is 2.58. The van der Waals surface area contributed by atoms with Gasteiger partial charge in [0, 0.05) is 0 Å². The maximum atomic E-state index is 12.0. The lowest BCUT2D eigenvalue weighted by Gasteiger charge is -2.28. The molecule has 0 unspecified atom stereocenters. The maximum absolute atomic E-state index is 12.0. The van der Waals surface area contributed by atoms with Gasteiger partial charge >= 0.3 is 6.03 Å². The number of anilines is 1. The van der Waals surface area contributed by atoms with Crippen molar-refractivity contribution in [1.29, 1.82) is 0 Å². The standard InChI is InChI=1S/C12H10N2O4/c1-7(15)9-10(16)13-12(18)14(11(9)17)8-5-3-2-4-6-8/h2-6,9H,1H3,(H,13,16,18)/t9-/m0/s1. The minimum absolute atomic E-state index is 0.318. The summed E-state index contributed by atoms with van der Waals surface area (Å²) in [6.07, 6.45) is 0. The van der Waals surface area contributed by atoms with Gasteiger partial charge in [-0.25, -0.2) is 9.69 Å². The summed E-state index contributed by atoms with van der Waals surface area (Å²) in [4.78, 5) is 47.2. The first-order chi connectivity index (χ1) is 8.52. The van der Waals surface area contributed by atoms with Gasteiger partial charge in [-0.2, -0.15) is 0 Å². The summed E-state index contributed by atoms with van der Waals surface area (Å²) in [6, 6.07) is 7.27. The number of urea groups is 1. The molecule has 1 aliphatic rings. The van der Waals surface area contributed by atoms with Crippen molar-refractivity contribution in [3.8, 4) is 0 Å². The zero-order chi connectivity index (χ0) is 13.3. The normalized spacial score (nSPS) is 19.7. The van der Waals surface area contributed by atoms with Gasteiger partial charge in [-0.05, 0) is 19.1 Å². The van der Waals surface area contributed by atoms with Crippen LogP contribution in [0.3, 0.4) is 0 Å². The average Bonchev–Trinajstić information content (AvgIpc) is 2.28. The topological polar surface area (TPSA) is 83.6 Å². The molecule has 0 bridgehead atoms. The Morgan fingerprint density at radius 3 is 2.33 bits per heavy atom. The van der Waals surface area contributed by atoms with Crippen LogP contribution in [0, 0.1) is 5.92 Å². The molecule has 1 aliphatic heterocycles. The maximum Gasteiger partial charge on any atom is 0.335 e. The molecular weight excluding hydrogens is 236 g/mol. The largest absolute Gasteiger partial charge is 0.335 e. The fourth-order valence-electron chi connectivity index (χ4n) is 1.75. The van der Waals surface area contributed by atoms with E-state index in [-0.39, 0.29) is 0 Å². The molecule has 4 amide bonds. The summed E-state index contributed by atoms with van der Waals surface area (Å²) >= 11 is 0. The highest BCUT2D eigenvalue weighted by Gasteiger charge is 2.43. The molecule has 1 heterocycles. The second kappa shape index (κ2) is 4.40. The number of Topliss-reactive ketones (excluding diaryl/α,β-unsaturated/α-hetero) is 1. The van der Waals surface area contributed by atoms with E-state index in [2.05, 4.69) is 0 Å². The van der Waals surface area contributed by atoms with Gasteiger partial charge in [0.05, 0.1) is 5.69 Å². The van der Waals surface area contributed by atoms with Crippen molar-refractivity contribution in [2.75, 3.05) is 4.90 Å². The fraction of sp³-hybridized carbons (Fsp3) is 0.167. The molecule has 0 aromatic heterocycles. The molecule has 18 heavy (non-hydrogen) atoms. The van der Waals surface area contributed by atoms with Crippen LogP contribution in [0.4, 0.5) is 10.5 Å². The summed E-state index contributed by atoms with van der Waals surface area (Å²) in [5.74, 6) is -3.74. The van der Waals surface area contributed by atoms with Gasteiger partial charge in [0.1, 0.15) is 0 Å². The Balaban J connectivity index is 2.42. The Morgan fingerprint density at radius 1 is 1.17 bits per heavy atom. The number of ketones is 1. The van der Waals surface area contributed by atoms with Crippen LogP contribution in [-0.4, -0.2) is 23.6 Å². The van der Waals surface area contributed by atoms with Gasteiger partial charge in [-0.1, -0.05) is 18.2 Å². The third kappa shape index (κ3) is 1.88. The van der Waals surface area contributed by atoms with Crippen LogP contribution in [0.25, 0.3) is 0 Å². The highest BCUT2D eigenvalue weighted by molar-refractivity contribution is 6.34. The Labute approximate surface area is 103 Å². The molecule has 92 valence electrons. The number of nitrogens with zero attached hydrogens (tertiary/aromatic N) is 1. The number of rotatable bonds is 2. The Kier molecular flexibility index (Phi) is 2.93. The highest BCUT2D eigenvalue weighted by atomic mass is 16.2. The SMILES string of the molecule is CC(=O)[C@H]1C(=O)NC(=O)N(c2ccccc2)C1=O. The Hall–Kier alpha value is -2.50. The molecule has 6 heteroatoms. The molecule has 0 aliphatic carbocycles. The summed E-state index contributed by atoms with van der Waals surface area (Å²) < 4.78 is 0. The van der Waals surface area contributed by atoms with Gasteiger partial charge < -0.3 is 0 Å². The summed E-state index contributed by atoms with van der Waals surface area (Å²) in [7, 11) is 0. The number of hydrogen-bond acceptors (Lipinski definition) is 4. The van der Waals surface area contributed by atoms with Crippen LogP contribution in [0.1, 0.15) is 6.92 Å². The number of carbonyl (C=O) groups is 4. The molecule has 1 atom stereocenters. The monoisotopic (exact) mass is 246 g/mol. The van der Waals surface area contributed by atoms with Crippen molar-refractivity contribution in [1.82, 2.24) is 5.32 Å². The van der Waals surface area contributed by atoms with Crippen LogP contribution >= 0.6 is 0 Å². The molecule has 2 rings (SSSR count). The second-order valence-corrected chi connectivity index (χ2v) is 3.85. The van der Waals surface area contributed by atoms with E-state index >= 15 is 0 Å². The van der Waals surface area contributed by atoms with Crippen molar-refractivity contribution in [2.24, 2.45) is 5.92 Å². The highest BCUT2D eigenvalue weighted by Crippen LogP contribution is 2.20. The van der Waals surface area contributed by atoms with E-state index in [0.717, 1.165) is 11.8 Å². The van der Waals surface area contributed by atoms with Crippen molar-refractivity contribution in [3.05, 3.63) is 30.3 Å². The van der Waals surface area contributed by atoms with Crippen molar-refractivity contribution >= 4 is 29.3 Å². The van der Waals surface area contributed by atoms with Crippen LogP contribution in [0.15, 0.2) is 30.3 Å². The number of barbiturate groups is 1. The van der Waals surface area contributed by atoms with E-state index in [0.29, 0.717) is 5.69 Å². The molecule has 0 spiro atoms. The quantitative estimate of drug-likeness (QED) is 0.769. The summed E-state index contributed by atoms with van der Waals surface area (Å²) in [6.45, 7) is 1.14. The minimum atomic E-state index is -1.46. The lowest BCUT2D eigenvalue weighted by Crippen LogP contribution is -2.59. The molecule has 6 nitrogen and oxygen atoms in total. The number of carbonyl (C=O) groups excluding carboxylic acids is 4. The average molecular weight is 246 g/mol. The fourth-order valence-corrected chi connectivity index (χ4v) is 1.75. The van der Waals surface area contributed by atoms with E-state index in [9.17, 15) is 19.2 Å². The van der Waals surface area contributed by atoms with Crippen LogP contribution < -0.4 is 10.2 Å². The number of imide groups is 2. The predicted octanol–water partition coefficient (Wildman–Crippen LogP) is 0.475. The molecule has 1 saturated heterocycles. The molecule has 1 aromatic carbocycles. The first kappa shape index (κ1) is 12.0. The Bertz CT molecular complexity index is 538. The summed E-state index contributed by atoms with van der Waals surface area (Å²) in [5.41, 5.74) is 0.318. The Morgan fingerprint density at radius 2 is 1.78 bits per heavy atom. The van der Waals surface area contributed by atoms with E-state index in [1.165, 1.54) is 0 Å². The zero-order valence-electron chi connectivity index (χ0n) is 9.54. The van der Waals surface area contributed by atoms with Crippen molar-refractivity contribution in [3.63, 3.8) is 0 Å². The number of para-hydroxylation sites is 1. The van der Waals surface area contributed by atoms with Crippen molar-refractivity contribution in [2.45, 2.75) is 6.92 Å². The first-order valence-electron chi connectivity index (χ1n) is 5.26. The lowest BCUT2D eigenvalue weighted by molar-refractivity contribution is -0.140. The third-order valence-electron chi connectivity index (χ3n) is 2.58. The van der Waals surface area contributed by atoms with Crippen LogP contribution in [0.2, 0.25) is 0 Å². The number of amides is 4. The van der Waals surface area contributed by atoms with Gasteiger partial charge in [0.15, 0.2) is 11.7 Å². The van der Waals surface area contributed by atoms with Crippen LogP contribution in [0.5, 0.6) is 0 Å². The molecule has 1 fully saturated rings. The first-order valence-corrected chi connectivity index (χ1v) is 5.26. The van der Waals surface area contributed by atoms with Gasteiger partial charge in [-0.15, -0.1) is 0 Å². The van der Waals surface area contributed by atoms with E-state index in [4.69, 9.17) is 0 Å². The second-order valence-electron chi connectivity index (χ2n) is 3.85. The van der Waals surface area contributed by atoms with E-state index in [1.54, 1.807) is 30.3 Å². The van der Waals surface area contributed by atoms with Crippen molar-refractivity contribution < 1.29 is 19.2 Å². The number of hydrogen-bond donors (Lipinski definition) is 1. The van der Waals surface area contributed by atoms with Gasteiger partial charge in [0.25, 0.3) is 5.91 Å². The van der Waals surface area contributed by atoms with Crippen LogP contribution in [-0.2, 0) is 14.4 Å². The molecule has 0 radical (unpaired) electrons. The number of nitrogens with one attached hydrogen (secondary N) is 1. The molecule has 1 N–H and O–H groups in total.